The first-order valence-corrected chi connectivity index (χ1v) is 5.65. The molecule has 1 aromatic carbocycles. The molecule has 0 saturated carbocycles. The predicted molar refractivity (Wildman–Crippen MR) is 62.6 cm³/mol. The first-order chi connectivity index (χ1) is 8.20. The summed E-state index contributed by atoms with van der Waals surface area (Å²) in [4.78, 5) is 22.6. The van der Waals surface area contributed by atoms with Gasteiger partial charge in [0, 0.05) is 12.5 Å². The fourth-order valence-electron chi connectivity index (χ4n) is 2.02. The molecule has 1 aliphatic heterocycles. The lowest BCUT2D eigenvalue weighted by atomic mass is 9.97. The predicted octanol–water partition coefficient (Wildman–Crippen LogP) is 1.15. The molecule has 4 nitrogen and oxygen atoms in total. The third kappa shape index (κ3) is 2.64. The van der Waals surface area contributed by atoms with E-state index in [1.807, 2.05) is 12.1 Å². The van der Waals surface area contributed by atoms with E-state index in [0.29, 0.717) is 5.56 Å². The summed E-state index contributed by atoms with van der Waals surface area (Å²) in [5, 5.41) is 2.82. The molecule has 0 spiro atoms. The van der Waals surface area contributed by atoms with Gasteiger partial charge in [0.25, 0.3) is 0 Å². The van der Waals surface area contributed by atoms with Crippen LogP contribution in [-0.2, 0) is 16.0 Å². The van der Waals surface area contributed by atoms with Crippen LogP contribution in [-0.4, -0.2) is 25.5 Å². The van der Waals surface area contributed by atoms with Crippen LogP contribution < -0.4 is 5.32 Å². The van der Waals surface area contributed by atoms with E-state index in [0.717, 1.165) is 24.9 Å². The highest BCUT2D eigenvalue weighted by Gasteiger charge is 2.23. The van der Waals surface area contributed by atoms with Crippen LogP contribution in [0.1, 0.15) is 22.3 Å². The van der Waals surface area contributed by atoms with Crippen LogP contribution in [0.4, 0.5) is 0 Å². The first kappa shape index (κ1) is 11.6. The average molecular weight is 233 g/mol. The first-order valence-electron chi connectivity index (χ1n) is 5.65. The number of carbonyl (C=O) groups is 2. The zero-order chi connectivity index (χ0) is 12.3. The summed E-state index contributed by atoms with van der Waals surface area (Å²) in [5.41, 5.74) is 1.60. The van der Waals surface area contributed by atoms with E-state index in [1.54, 1.807) is 12.1 Å². The standard InChI is InChI=1S/C13H15NO3/c1-17-13(16)10-4-2-9(3-5-10)8-11-6-7-14-12(11)15/h2-5,11H,6-8H2,1H3,(H,14,15). The zero-order valence-electron chi connectivity index (χ0n) is 9.73. The summed E-state index contributed by atoms with van der Waals surface area (Å²) in [7, 11) is 1.36. The largest absolute Gasteiger partial charge is 0.465 e. The summed E-state index contributed by atoms with van der Waals surface area (Å²) < 4.78 is 4.62. The van der Waals surface area contributed by atoms with Gasteiger partial charge < -0.3 is 10.1 Å². The van der Waals surface area contributed by atoms with Crippen molar-refractivity contribution in [1.29, 1.82) is 0 Å². The Hall–Kier alpha value is -1.84. The lowest BCUT2D eigenvalue weighted by Crippen LogP contribution is -2.20. The molecule has 1 atom stereocenters. The summed E-state index contributed by atoms with van der Waals surface area (Å²) >= 11 is 0. The number of benzene rings is 1. The summed E-state index contributed by atoms with van der Waals surface area (Å²) in [5.74, 6) is -0.142. The molecule has 1 fully saturated rings. The van der Waals surface area contributed by atoms with Crippen molar-refractivity contribution < 1.29 is 14.3 Å². The summed E-state index contributed by atoms with van der Waals surface area (Å²) in [6.07, 6.45) is 1.62. The lowest BCUT2D eigenvalue weighted by molar-refractivity contribution is -0.122. The molecule has 1 aliphatic rings. The second kappa shape index (κ2) is 4.99. The Morgan fingerprint density at radius 2 is 2.12 bits per heavy atom. The normalized spacial score (nSPS) is 18.9. The Balaban J connectivity index is 2.03. The van der Waals surface area contributed by atoms with Crippen LogP contribution in [0.5, 0.6) is 0 Å². The van der Waals surface area contributed by atoms with E-state index in [1.165, 1.54) is 7.11 Å². The number of methoxy groups -OCH3 is 1. The molecule has 1 unspecified atom stereocenters. The fourth-order valence-corrected chi connectivity index (χ4v) is 2.02. The second-order valence-electron chi connectivity index (χ2n) is 4.17. The number of esters is 1. The van der Waals surface area contributed by atoms with Crippen molar-refractivity contribution in [3.05, 3.63) is 35.4 Å². The van der Waals surface area contributed by atoms with Gasteiger partial charge in [0.15, 0.2) is 0 Å². The van der Waals surface area contributed by atoms with Crippen LogP contribution in [0.15, 0.2) is 24.3 Å². The highest BCUT2D eigenvalue weighted by atomic mass is 16.5. The number of rotatable bonds is 3. The molecular weight excluding hydrogens is 218 g/mol. The average Bonchev–Trinajstić information content (AvgIpc) is 2.75. The molecule has 0 aromatic heterocycles. The smallest absolute Gasteiger partial charge is 0.337 e. The van der Waals surface area contributed by atoms with Crippen molar-refractivity contribution in [2.45, 2.75) is 12.8 Å². The van der Waals surface area contributed by atoms with Gasteiger partial charge in [0.2, 0.25) is 5.91 Å². The summed E-state index contributed by atoms with van der Waals surface area (Å²) in [6, 6.07) is 7.21. The zero-order valence-corrected chi connectivity index (χ0v) is 9.73. The van der Waals surface area contributed by atoms with Gasteiger partial charge in [-0.3, -0.25) is 4.79 Å². The van der Waals surface area contributed by atoms with E-state index >= 15 is 0 Å². The molecule has 1 N–H and O–H groups in total. The highest BCUT2D eigenvalue weighted by Crippen LogP contribution is 2.17. The van der Waals surface area contributed by atoms with Crippen LogP contribution in [0.25, 0.3) is 0 Å². The van der Waals surface area contributed by atoms with Crippen molar-refractivity contribution in [2.75, 3.05) is 13.7 Å². The molecule has 1 aromatic rings. The Kier molecular flexibility index (Phi) is 3.42. The van der Waals surface area contributed by atoms with E-state index in [9.17, 15) is 9.59 Å². The summed E-state index contributed by atoms with van der Waals surface area (Å²) in [6.45, 7) is 0.768. The van der Waals surface area contributed by atoms with Gasteiger partial charge in [-0.15, -0.1) is 0 Å². The van der Waals surface area contributed by atoms with Gasteiger partial charge in [-0.2, -0.15) is 0 Å². The molecule has 1 amide bonds. The Morgan fingerprint density at radius 3 is 2.65 bits per heavy atom. The maximum absolute atomic E-state index is 11.4. The molecule has 1 saturated heterocycles. The highest BCUT2D eigenvalue weighted by molar-refractivity contribution is 5.89. The molecular formula is C13H15NO3. The number of amides is 1. The Morgan fingerprint density at radius 1 is 1.41 bits per heavy atom. The minimum absolute atomic E-state index is 0.0685. The molecule has 0 aliphatic carbocycles. The number of hydrogen-bond donors (Lipinski definition) is 1. The number of carbonyl (C=O) groups excluding carboxylic acids is 2. The molecule has 2 rings (SSSR count). The van der Waals surface area contributed by atoms with Gasteiger partial charge >= 0.3 is 5.97 Å². The minimum Gasteiger partial charge on any atom is -0.465 e. The SMILES string of the molecule is COC(=O)c1ccc(CC2CCNC2=O)cc1. The molecule has 4 heteroatoms. The van der Waals surface area contributed by atoms with E-state index in [-0.39, 0.29) is 17.8 Å². The van der Waals surface area contributed by atoms with Crippen molar-refractivity contribution in [2.24, 2.45) is 5.92 Å². The van der Waals surface area contributed by atoms with Gasteiger partial charge in [-0.1, -0.05) is 12.1 Å². The van der Waals surface area contributed by atoms with Crippen LogP contribution in [0.3, 0.4) is 0 Å². The Labute approximate surface area is 100.0 Å². The third-order valence-electron chi connectivity index (χ3n) is 3.02. The van der Waals surface area contributed by atoms with Crippen molar-refractivity contribution >= 4 is 11.9 Å². The van der Waals surface area contributed by atoms with Gasteiger partial charge in [0.05, 0.1) is 12.7 Å². The maximum Gasteiger partial charge on any atom is 0.337 e. The quantitative estimate of drug-likeness (QED) is 0.797. The number of hydrogen-bond acceptors (Lipinski definition) is 3. The van der Waals surface area contributed by atoms with Crippen LogP contribution in [0.2, 0.25) is 0 Å². The molecule has 90 valence electrons. The minimum atomic E-state index is -0.338. The van der Waals surface area contributed by atoms with Crippen LogP contribution >= 0.6 is 0 Å². The monoisotopic (exact) mass is 233 g/mol. The van der Waals surface area contributed by atoms with Crippen molar-refractivity contribution in [3.8, 4) is 0 Å². The number of nitrogens with one attached hydrogen (secondary N) is 1. The van der Waals surface area contributed by atoms with E-state index in [2.05, 4.69) is 10.1 Å². The van der Waals surface area contributed by atoms with Gasteiger partial charge in [-0.05, 0) is 30.5 Å². The van der Waals surface area contributed by atoms with Crippen LogP contribution in [0, 0.1) is 5.92 Å². The van der Waals surface area contributed by atoms with E-state index in [4.69, 9.17) is 0 Å². The van der Waals surface area contributed by atoms with Crippen molar-refractivity contribution in [1.82, 2.24) is 5.32 Å². The molecule has 1 heterocycles. The van der Waals surface area contributed by atoms with Crippen molar-refractivity contribution in [3.63, 3.8) is 0 Å². The van der Waals surface area contributed by atoms with Gasteiger partial charge in [0.1, 0.15) is 0 Å². The lowest BCUT2D eigenvalue weighted by Gasteiger charge is -2.07. The second-order valence-corrected chi connectivity index (χ2v) is 4.17. The molecule has 0 radical (unpaired) electrons. The maximum atomic E-state index is 11.4. The number of ether oxygens (including phenoxy) is 1. The van der Waals surface area contributed by atoms with E-state index < -0.39 is 0 Å². The third-order valence-corrected chi connectivity index (χ3v) is 3.02. The fraction of sp³-hybridized carbons (Fsp3) is 0.385. The topological polar surface area (TPSA) is 55.4 Å². The Bertz CT molecular complexity index is 425. The molecule has 17 heavy (non-hydrogen) atoms. The van der Waals surface area contributed by atoms with Gasteiger partial charge in [-0.25, -0.2) is 4.79 Å². The molecule has 0 bridgehead atoms.